The molecule has 0 spiro atoms. The van der Waals surface area contributed by atoms with Gasteiger partial charge in [-0.2, -0.15) is 0 Å². The van der Waals surface area contributed by atoms with Gasteiger partial charge in [0.2, 0.25) is 0 Å². The van der Waals surface area contributed by atoms with Crippen molar-refractivity contribution in [2.75, 3.05) is 18.1 Å². The van der Waals surface area contributed by atoms with E-state index < -0.39 is 10.8 Å². The monoisotopic (exact) mass is 240 g/mol. The van der Waals surface area contributed by atoms with Crippen molar-refractivity contribution in [3.05, 3.63) is 29.8 Å². The normalized spacial score (nSPS) is 12.1. The maximum atomic E-state index is 11.6. The van der Waals surface area contributed by atoms with Gasteiger partial charge < -0.3 is 4.74 Å². The van der Waals surface area contributed by atoms with Crippen LogP contribution in [-0.2, 0) is 10.8 Å². The number of ether oxygens (including phenoxy) is 1. The molecule has 0 bridgehead atoms. The van der Waals surface area contributed by atoms with Gasteiger partial charge in [-0.1, -0.05) is 6.92 Å². The van der Waals surface area contributed by atoms with Gasteiger partial charge in [-0.05, 0) is 31.2 Å². The van der Waals surface area contributed by atoms with Gasteiger partial charge in [-0.15, -0.1) is 0 Å². The molecule has 0 saturated heterocycles. The summed E-state index contributed by atoms with van der Waals surface area (Å²) in [6.45, 7) is 4.32. The highest BCUT2D eigenvalue weighted by molar-refractivity contribution is 7.85. The molecule has 0 aliphatic heterocycles. The SMILES string of the molecule is CCOc1ccc(C(=O)CS(=O)CC)cc1. The Morgan fingerprint density at radius 2 is 1.88 bits per heavy atom. The Hall–Kier alpha value is -1.16. The molecule has 0 heterocycles. The van der Waals surface area contributed by atoms with Crippen molar-refractivity contribution < 1.29 is 13.7 Å². The van der Waals surface area contributed by atoms with E-state index in [9.17, 15) is 9.00 Å². The van der Waals surface area contributed by atoms with Crippen molar-refractivity contribution in [3.63, 3.8) is 0 Å². The Morgan fingerprint density at radius 1 is 1.25 bits per heavy atom. The minimum Gasteiger partial charge on any atom is -0.494 e. The van der Waals surface area contributed by atoms with Crippen LogP contribution in [0, 0.1) is 0 Å². The van der Waals surface area contributed by atoms with Crippen LogP contribution in [0.25, 0.3) is 0 Å². The zero-order valence-corrected chi connectivity index (χ0v) is 10.4. The average Bonchev–Trinajstić information content (AvgIpc) is 2.30. The largest absolute Gasteiger partial charge is 0.494 e. The molecule has 1 aromatic rings. The van der Waals surface area contributed by atoms with Gasteiger partial charge in [0.1, 0.15) is 5.75 Å². The summed E-state index contributed by atoms with van der Waals surface area (Å²) in [6, 6.07) is 6.93. The highest BCUT2D eigenvalue weighted by Gasteiger charge is 2.09. The number of carbonyl (C=O) groups is 1. The van der Waals surface area contributed by atoms with Crippen LogP contribution >= 0.6 is 0 Å². The standard InChI is InChI=1S/C12H16O3S/c1-3-15-11-7-5-10(6-8-11)12(13)9-16(14)4-2/h5-8H,3-4,9H2,1-2H3. The molecule has 0 amide bonds. The highest BCUT2D eigenvalue weighted by Crippen LogP contribution is 2.12. The highest BCUT2D eigenvalue weighted by atomic mass is 32.2. The van der Waals surface area contributed by atoms with E-state index in [1.807, 2.05) is 13.8 Å². The first-order valence-corrected chi connectivity index (χ1v) is 6.77. The number of hydrogen-bond acceptors (Lipinski definition) is 3. The third-order valence-electron chi connectivity index (χ3n) is 2.10. The van der Waals surface area contributed by atoms with E-state index in [4.69, 9.17) is 4.74 Å². The van der Waals surface area contributed by atoms with E-state index in [0.717, 1.165) is 5.75 Å². The van der Waals surface area contributed by atoms with Crippen LogP contribution in [-0.4, -0.2) is 28.1 Å². The molecule has 0 aliphatic rings. The fraction of sp³-hybridized carbons (Fsp3) is 0.417. The van der Waals surface area contributed by atoms with Crippen molar-refractivity contribution in [2.24, 2.45) is 0 Å². The van der Waals surface area contributed by atoms with Crippen molar-refractivity contribution in [3.8, 4) is 5.75 Å². The van der Waals surface area contributed by atoms with Crippen molar-refractivity contribution in [1.29, 1.82) is 0 Å². The van der Waals surface area contributed by atoms with Crippen molar-refractivity contribution in [2.45, 2.75) is 13.8 Å². The molecule has 4 heteroatoms. The quantitative estimate of drug-likeness (QED) is 0.715. The minimum absolute atomic E-state index is 0.0803. The molecule has 1 atom stereocenters. The van der Waals surface area contributed by atoms with Crippen LogP contribution in [0.1, 0.15) is 24.2 Å². The Bertz CT molecular complexity index is 370. The first-order chi connectivity index (χ1) is 7.67. The Labute approximate surface area is 98.3 Å². The van der Waals surface area contributed by atoms with Gasteiger partial charge in [-0.25, -0.2) is 0 Å². The summed E-state index contributed by atoms with van der Waals surface area (Å²) >= 11 is 0. The molecular formula is C12H16O3S. The molecule has 0 aliphatic carbocycles. The summed E-state index contributed by atoms with van der Waals surface area (Å²) in [5, 5.41) is 0. The molecule has 1 unspecified atom stereocenters. The second-order valence-electron chi connectivity index (χ2n) is 3.25. The van der Waals surface area contributed by atoms with Crippen LogP contribution in [0.5, 0.6) is 5.75 Å². The number of Topliss-reactive ketones (excluding diaryl/α,β-unsaturated/α-hetero) is 1. The molecule has 1 rings (SSSR count). The summed E-state index contributed by atoms with van der Waals surface area (Å²) < 4.78 is 16.5. The van der Waals surface area contributed by atoms with Gasteiger partial charge in [-0.3, -0.25) is 9.00 Å². The van der Waals surface area contributed by atoms with E-state index in [0.29, 0.717) is 17.9 Å². The smallest absolute Gasteiger partial charge is 0.175 e. The zero-order valence-electron chi connectivity index (χ0n) is 9.56. The van der Waals surface area contributed by atoms with Gasteiger partial charge in [0.15, 0.2) is 5.78 Å². The lowest BCUT2D eigenvalue weighted by atomic mass is 10.1. The van der Waals surface area contributed by atoms with Gasteiger partial charge in [0, 0.05) is 22.1 Å². The predicted molar refractivity (Wildman–Crippen MR) is 65.5 cm³/mol. The zero-order chi connectivity index (χ0) is 12.0. The van der Waals surface area contributed by atoms with E-state index in [1.54, 1.807) is 24.3 Å². The summed E-state index contributed by atoms with van der Waals surface area (Å²) in [5.74, 6) is 1.28. The fourth-order valence-corrected chi connectivity index (χ4v) is 1.90. The maximum absolute atomic E-state index is 11.6. The number of ketones is 1. The maximum Gasteiger partial charge on any atom is 0.175 e. The number of hydrogen-bond donors (Lipinski definition) is 0. The predicted octanol–water partition coefficient (Wildman–Crippen LogP) is 2.04. The second-order valence-corrected chi connectivity index (χ2v) is 5.00. The van der Waals surface area contributed by atoms with Crippen LogP contribution in [0.3, 0.4) is 0 Å². The van der Waals surface area contributed by atoms with Gasteiger partial charge in [0.25, 0.3) is 0 Å². The molecule has 0 aromatic heterocycles. The van der Waals surface area contributed by atoms with Crippen LogP contribution in [0.15, 0.2) is 24.3 Å². The molecular weight excluding hydrogens is 224 g/mol. The van der Waals surface area contributed by atoms with E-state index in [2.05, 4.69) is 0 Å². The Morgan fingerprint density at radius 3 is 2.38 bits per heavy atom. The lowest BCUT2D eigenvalue weighted by Gasteiger charge is -2.04. The molecule has 1 aromatic carbocycles. The van der Waals surface area contributed by atoms with Crippen LogP contribution in [0.2, 0.25) is 0 Å². The molecule has 0 saturated carbocycles. The molecule has 88 valence electrons. The lowest BCUT2D eigenvalue weighted by molar-refractivity contribution is 0.102. The molecule has 3 nitrogen and oxygen atoms in total. The summed E-state index contributed by atoms with van der Waals surface area (Å²) in [6.07, 6.45) is 0. The van der Waals surface area contributed by atoms with E-state index >= 15 is 0 Å². The summed E-state index contributed by atoms with van der Waals surface area (Å²) in [4.78, 5) is 11.6. The van der Waals surface area contributed by atoms with Crippen molar-refractivity contribution >= 4 is 16.6 Å². The lowest BCUT2D eigenvalue weighted by Crippen LogP contribution is -2.12. The third kappa shape index (κ3) is 3.77. The number of rotatable bonds is 6. The Kier molecular flexibility index (Phi) is 5.19. The first-order valence-electron chi connectivity index (χ1n) is 5.28. The first kappa shape index (κ1) is 12.9. The molecule has 0 N–H and O–H groups in total. The molecule has 16 heavy (non-hydrogen) atoms. The fourth-order valence-electron chi connectivity index (χ4n) is 1.24. The number of carbonyl (C=O) groups excluding carboxylic acids is 1. The molecule has 0 radical (unpaired) electrons. The molecule has 0 fully saturated rings. The van der Waals surface area contributed by atoms with Crippen LogP contribution < -0.4 is 4.74 Å². The van der Waals surface area contributed by atoms with Crippen LogP contribution in [0.4, 0.5) is 0 Å². The van der Waals surface area contributed by atoms with E-state index in [1.165, 1.54) is 0 Å². The second kappa shape index (κ2) is 6.43. The van der Waals surface area contributed by atoms with E-state index in [-0.39, 0.29) is 11.5 Å². The Balaban J connectivity index is 2.66. The van der Waals surface area contributed by atoms with Crippen molar-refractivity contribution in [1.82, 2.24) is 0 Å². The third-order valence-corrected chi connectivity index (χ3v) is 3.33. The summed E-state index contributed by atoms with van der Waals surface area (Å²) in [7, 11) is -1.05. The number of benzene rings is 1. The minimum atomic E-state index is -1.05. The van der Waals surface area contributed by atoms with Gasteiger partial charge >= 0.3 is 0 Å². The topological polar surface area (TPSA) is 43.4 Å². The van der Waals surface area contributed by atoms with Gasteiger partial charge in [0.05, 0.1) is 12.4 Å². The average molecular weight is 240 g/mol. The summed E-state index contributed by atoms with van der Waals surface area (Å²) in [5.41, 5.74) is 0.588.